The predicted octanol–water partition coefficient (Wildman–Crippen LogP) is 2.50. The van der Waals surface area contributed by atoms with Gasteiger partial charge in [-0.25, -0.2) is 4.39 Å². The van der Waals surface area contributed by atoms with Crippen molar-refractivity contribution in [3.63, 3.8) is 0 Å². The van der Waals surface area contributed by atoms with Crippen LogP contribution in [-0.4, -0.2) is 40.4 Å². The first kappa shape index (κ1) is 18.7. The molecule has 0 unspecified atom stereocenters. The molecular weight excluding hydrogens is 375 g/mol. The summed E-state index contributed by atoms with van der Waals surface area (Å²) in [5.41, 5.74) is 0.675. The van der Waals surface area contributed by atoms with E-state index in [0.717, 1.165) is 11.3 Å². The van der Waals surface area contributed by atoms with Gasteiger partial charge in [0.2, 0.25) is 5.13 Å². The van der Waals surface area contributed by atoms with Gasteiger partial charge in [-0.3, -0.25) is 15.1 Å². The second-order valence-corrected chi connectivity index (χ2v) is 6.17. The minimum absolute atomic E-state index is 0.0944. The summed E-state index contributed by atoms with van der Waals surface area (Å²) in [6.45, 7) is -0.373. The number of amides is 1. The summed E-state index contributed by atoms with van der Waals surface area (Å²) in [6.07, 6.45) is 1.32. The van der Waals surface area contributed by atoms with Crippen LogP contribution in [0.25, 0.3) is 11.1 Å². The normalized spacial score (nSPS) is 10.5. The van der Waals surface area contributed by atoms with Gasteiger partial charge in [0.05, 0.1) is 37.6 Å². The van der Waals surface area contributed by atoms with Gasteiger partial charge in [-0.15, -0.1) is 5.10 Å². The molecule has 2 N–H and O–H groups in total. The van der Waals surface area contributed by atoms with E-state index in [1.807, 2.05) is 0 Å². The van der Waals surface area contributed by atoms with Gasteiger partial charge in [0.15, 0.2) is 0 Å². The number of hydrogen-bond acceptors (Lipinski definition) is 8. The molecule has 0 radical (unpaired) electrons. The second kappa shape index (κ2) is 8.06. The zero-order valence-electron chi connectivity index (χ0n) is 14.4. The maximum atomic E-state index is 14.5. The summed E-state index contributed by atoms with van der Waals surface area (Å²) in [5, 5.41) is 20.0. The number of ether oxygens (including phenoxy) is 2. The first-order chi connectivity index (χ1) is 13.1. The number of benzene rings is 1. The fraction of sp³-hybridized carbons (Fsp3) is 0.176. The number of carbonyl (C=O) groups excluding carboxylic acids is 1. The number of carbonyl (C=O) groups is 1. The van der Waals surface area contributed by atoms with Crippen LogP contribution in [0.2, 0.25) is 0 Å². The Morgan fingerprint density at radius 3 is 2.78 bits per heavy atom. The molecule has 0 saturated carbocycles. The molecule has 3 rings (SSSR count). The summed E-state index contributed by atoms with van der Waals surface area (Å²) < 4.78 is 24.7. The zero-order valence-corrected chi connectivity index (χ0v) is 15.2. The number of halogens is 1. The van der Waals surface area contributed by atoms with Crippen LogP contribution >= 0.6 is 11.3 Å². The van der Waals surface area contributed by atoms with Crippen molar-refractivity contribution >= 4 is 22.4 Å². The third kappa shape index (κ3) is 3.86. The molecule has 0 bridgehead atoms. The Morgan fingerprint density at radius 2 is 2.11 bits per heavy atom. The van der Waals surface area contributed by atoms with Gasteiger partial charge in [0.25, 0.3) is 11.1 Å². The number of nitrogens with one attached hydrogen (secondary N) is 1. The lowest BCUT2D eigenvalue weighted by molar-refractivity contribution is 0.102. The van der Waals surface area contributed by atoms with Gasteiger partial charge in [-0.1, -0.05) is 11.2 Å². The molecule has 0 aliphatic rings. The van der Waals surface area contributed by atoms with E-state index in [9.17, 15) is 14.3 Å². The quantitative estimate of drug-likeness (QED) is 0.666. The highest BCUT2D eigenvalue weighted by molar-refractivity contribution is 7.17. The molecule has 1 aromatic carbocycles. The molecule has 140 valence electrons. The van der Waals surface area contributed by atoms with Gasteiger partial charge in [0, 0.05) is 11.8 Å². The number of pyridine rings is 1. The smallest absolute Gasteiger partial charge is 0.295 e. The van der Waals surface area contributed by atoms with Gasteiger partial charge in [0.1, 0.15) is 11.6 Å². The van der Waals surface area contributed by atoms with Gasteiger partial charge >= 0.3 is 0 Å². The van der Waals surface area contributed by atoms with Crippen molar-refractivity contribution in [2.75, 3.05) is 19.5 Å². The van der Waals surface area contributed by atoms with Crippen molar-refractivity contribution < 1.29 is 23.8 Å². The number of hydrogen-bond donors (Lipinski definition) is 2. The van der Waals surface area contributed by atoms with Gasteiger partial charge in [-0.2, -0.15) is 0 Å². The van der Waals surface area contributed by atoms with E-state index in [0.29, 0.717) is 0 Å². The average molecular weight is 390 g/mol. The Morgan fingerprint density at radius 1 is 1.30 bits per heavy atom. The van der Waals surface area contributed by atoms with Crippen LogP contribution < -0.4 is 14.8 Å². The zero-order chi connectivity index (χ0) is 19.4. The summed E-state index contributed by atoms with van der Waals surface area (Å²) in [6, 6.07) is 5.72. The van der Waals surface area contributed by atoms with Crippen LogP contribution in [0.1, 0.15) is 16.1 Å². The highest BCUT2D eigenvalue weighted by Crippen LogP contribution is 2.35. The van der Waals surface area contributed by atoms with E-state index in [4.69, 9.17) is 9.47 Å². The first-order valence-corrected chi connectivity index (χ1v) is 8.50. The maximum Gasteiger partial charge on any atom is 0.295 e. The fourth-order valence-corrected chi connectivity index (χ4v) is 2.97. The third-order valence-electron chi connectivity index (χ3n) is 3.63. The van der Waals surface area contributed by atoms with Gasteiger partial charge in [-0.05, 0) is 29.5 Å². The SMILES string of the molecule is COc1nnc(NC(=O)c2cc(CO)ncc2-c2c(F)cccc2OC)s1. The van der Waals surface area contributed by atoms with Crippen LogP contribution in [0.15, 0.2) is 30.5 Å². The molecule has 1 amide bonds. The average Bonchev–Trinajstić information content (AvgIpc) is 3.14. The van der Waals surface area contributed by atoms with Gasteiger partial charge < -0.3 is 14.6 Å². The van der Waals surface area contributed by atoms with E-state index >= 15 is 0 Å². The van der Waals surface area contributed by atoms with E-state index in [2.05, 4.69) is 20.5 Å². The summed E-state index contributed by atoms with van der Waals surface area (Å²) >= 11 is 1.04. The Balaban J connectivity index is 2.07. The molecular formula is C17H15FN4O4S. The van der Waals surface area contributed by atoms with Crippen LogP contribution in [-0.2, 0) is 6.61 Å². The number of anilines is 1. The van der Waals surface area contributed by atoms with Crippen molar-refractivity contribution in [2.45, 2.75) is 6.61 Å². The number of nitrogens with zero attached hydrogens (tertiary/aromatic N) is 3. The lowest BCUT2D eigenvalue weighted by atomic mass is 9.99. The molecule has 8 nitrogen and oxygen atoms in total. The minimum atomic E-state index is -0.570. The molecule has 0 aliphatic heterocycles. The number of methoxy groups -OCH3 is 2. The summed E-state index contributed by atoms with van der Waals surface area (Å²) in [7, 11) is 2.84. The van der Waals surface area contributed by atoms with Crippen molar-refractivity contribution in [3.8, 4) is 22.1 Å². The van der Waals surface area contributed by atoms with Crippen LogP contribution in [0, 0.1) is 5.82 Å². The lowest BCUT2D eigenvalue weighted by Crippen LogP contribution is -2.14. The molecule has 2 heterocycles. The highest BCUT2D eigenvalue weighted by atomic mass is 32.1. The van der Waals surface area contributed by atoms with E-state index < -0.39 is 11.7 Å². The summed E-state index contributed by atoms with van der Waals surface area (Å²) in [5.74, 6) is -0.883. The number of aliphatic hydroxyl groups is 1. The lowest BCUT2D eigenvalue weighted by Gasteiger charge is -2.14. The largest absolute Gasteiger partial charge is 0.496 e. The minimum Gasteiger partial charge on any atom is -0.496 e. The van der Waals surface area contributed by atoms with Crippen molar-refractivity contribution in [1.29, 1.82) is 0 Å². The van der Waals surface area contributed by atoms with Crippen molar-refractivity contribution in [2.24, 2.45) is 0 Å². The molecule has 0 aliphatic carbocycles. The van der Waals surface area contributed by atoms with E-state index in [-0.39, 0.29) is 45.1 Å². The molecule has 0 atom stereocenters. The first-order valence-electron chi connectivity index (χ1n) is 7.68. The highest BCUT2D eigenvalue weighted by Gasteiger charge is 2.21. The third-order valence-corrected chi connectivity index (χ3v) is 4.43. The Bertz CT molecular complexity index is 979. The summed E-state index contributed by atoms with van der Waals surface area (Å²) in [4.78, 5) is 16.9. The second-order valence-electron chi connectivity index (χ2n) is 5.23. The monoisotopic (exact) mass is 390 g/mol. The van der Waals surface area contributed by atoms with Crippen molar-refractivity contribution in [3.05, 3.63) is 47.5 Å². The Hall–Kier alpha value is -3.11. The molecule has 10 heteroatoms. The molecule has 27 heavy (non-hydrogen) atoms. The van der Waals surface area contributed by atoms with Crippen molar-refractivity contribution in [1.82, 2.24) is 15.2 Å². The molecule has 0 saturated heterocycles. The molecule has 3 aromatic rings. The molecule has 2 aromatic heterocycles. The predicted molar refractivity (Wildman–Crippen MR) is 96.5 cm³/mol. The topological polar surface area (TPSA) is 106 Å². The number of aromatic nitrogens is 3. The van der Waals surface area contributed by atoms with E-state index in [1.54, 1.807) is 6.07 Å². The van der Waals surface area contributed by atoms with Crippen LogP contribution in [0.3, 0.4) is 0 Å². The van der Waals surface area contributed by atoms with E-state index in [1.165, 1.54) is 38.6 Å². The fourth-order valence-electron chi connectivity index (χ4n) is 2.42. The standard InChI is InChI=1S/C17H15FN4O4S/c1-25-13-5-3-4-12(18)14(13)11-7-19-9(8-23)6-10(11)15(24)20-16-21-22-17(26-2)27-16/h3-7,23H,8H2,1-2H3,(H,20,21,24). The molecule has 0 spiro atoms. The Kier molecular flexibility index (Phi) is 5.57. The van der Waals surface area contributed by atoms with Crippen LogP contribution in [0.5, 0.6) is 10.9 Å². The Labute approximate surface area is 157 Å². The molecule has 0 fully saturated rings. The maximum absolute atomic E-state index is 14.5. The number of aliphatic hydroxyl groups excluding tert-OH is 1. The van der Waals surface area contributed by atoms with Crippen LogP contribution in [0.4, 0.5) is 9.52 Å². The number of rotatable bonds is 6.